The van der Waals surface area contributed by atoms with Crippen LogP contribution in [0, 0.1) is 6.92 Å². The van der Waals surface area contributed by atoms with Crippen LogP contribution < -0.4 is 4.74 Å². The highest BCUT2D eigenvalue weighted by Gasteiger charge is 2.14. The highest BCUT2D eigenvalue weighted by molar-refractivity contribution is 5.96. The third-order valence-corrected chi connectivity index (χ3v) is 3.24. The standard InChI is InChI=1S/C17H16O3/c1-11-10-13(20-3)8-9-14(11)12(2)15-6-4-5-7-16(15)17(18)19/h4-10H,2H2,1,3H3,(H,18,19). The summed E-state index contributed by atoms with van der Waals surface area (Å²) in [5.74, 6) is -0.182. The lowest BCUT2D eigenvalue weighted by atomic mass is 9.92. The minimum Gasteiger partial charge on any atom is -0.497 e. The number of carboxylic acid groups (broad SMARTS) is 1. The molecule has 0 heterocycles. The Labute approximate surface area is 118 Å². The van der Waals surface area contributed by atoms with Crippen LogP contribution in [-0.4, -0.2) is 18.2 Å². The van der Waals surface area contributed by atoms with Crippen LogP contribution in [-0.2, 0) is 0 Å². The van der Waals surface area contributed by atoms with Gasteiger partial charge in [-0.2, -0.15) is 0 Å². The van der Waals surface area contributed by atoms with E-state index in [1.165, 1.54) is 0 Å². The predicted molar refractivity (Wildman–Crippen MR) is 79.3 cm³/mol. The molecular weight excluding hydrogens is 252 g/mol. The molecule has 0 bridgehead atoms. The lowest BCUT2D eigenvalue weighted by Gasteiger charge is -2.13. The number of hydrogen-bond acceptors (Lipinski definition) is 2. The second kappa shape index (κ2) is 5.61. The number of aromatic carboxylic acids is 1. The van der Waals surface area contributed by atoms with E-state index in [2.05, 4.69) is 6.58 Å². The Bertz CT molecular complexity index is 672. The maximum atomic E-state index is 11.3. The molecule has 0 aliphatic rings. The number of carboxylic acids is 1. The van der Waals surface area contributed by atoms with Gasteiger partial charge in [-0.3, -0.25) is 0 Å². The predicted octanol–water partition coefficient (Wildman–Crippen LogP) is 3.76. The molecule has 0 saturated heterocycles. The Morgan fingerprint density at radius 1 is 1.10 bits per heavy atom. The summed E-state index contributed by atoms with van der Waals surface area (Å²) in [7, 11) is 1.61. The van der Waals surface area contributed by atoms with E-state index in [0.29, 0.717) is 11.1 Å². The number of methoxy groups -OCH3 is 1. The van der Waals surface area contributed by atoms with Crippen molar-refractivity contribution >= 4 is 11.5 Å². The summed E-state index contributed by atoms with van der Waals surface area (Å²) in [5, 5.41) is 9.25. The largest absolute Gasteiger partial charge is 0.497 e. The van der Waals surface area contributed by atoms with E-state index in [4.69, 9.17) is 4.74 Å². The fourth-order valence-corrected chi connectivity index (χ4v) is 2.18. The van der Waals surface area contributed by atoms with E-state index in [-0.39, 0.29) is 5.56 Å². The summed E-state index contributed by atoms with van der Waals surface area (Å²) >= 11 is 0. The van der Waals surface area contributed by atoms with Crippen LogP contribution in [0.5, 0.6) is 5.75 Å². The van der Waals surface area contributed by atoms with Gasteiger partial charge in [0.1, 0.15) is 5.75 Å². The third kappa shape index (κ3) is 2.57. The minimum atomic E-state index is -0.951. The van der Waals surface area contributed by atoms with Gasteiger partial charge in [-0.05, 0) is 47.4 Å². The molecule has 0 radical (unpaired) electrons. The van der Waals surface area contributed by atoms with Crippen molar-refractivity contribution in [2.45, 2.75) is 6.92 Å². The summed E-state index contributed by atoms with van der Waals surface area (Å²) in [6, 6.07) is 12.5. The van der Waals surface area contributed by atoms with Crippen LogP contribution in [0.2, 0.25) is 0 Å². The Morgan fingerprint density at radius 3 is 2.30 bits per heavy atom. The zero-order valence-electron chi connectivity index (χ0n) is 11.5. The molecule has 0 atom stereocenters. The molecule has 0 aliphatic carbocycles. The second-order valence-corrected chi connectivity index (χ2v) is 4.51. The maximum Gasteiger partial charge on any atom is 0.336 e. The van der Waals surface area contributed by atoms with Crippen molar-refractivity contribution in [2.24, 2.45) is 0 Å². The van der Waals surface area contributed by atoms with Crippen LogP contribution in [0.1, 0.15) is 27.0 Å². The van der Waals surface area contributed by atoms with Gasteiger partial charge < -0.3 is 9.84 Å². The molecule has 0 spiro atoms. The molecule has 20 heavy (non-hydrogen) atoms. The molecule has 2 aromatic carbocycles. The van der Waals surface area contributed by atoms with Gasteiger partial charge in [0.15, 0.2) is 0 Å². The van der Waals surface area contributed by atoms with Crippen molar-refractivity contribution < 1.29 is 14.6 Å². The van der Waals surface area contributed by atoms with E-state index in [1.807, 2.05) is 31.2 Å². The van der Waals surface area contributed by atoms with Gasteiger partial charge in [0, 0.05) is 0 Å². The third-order valence-electron chi connectivity index (χ3n) is 3.24. The minimum absolute atomic E-state index is 0.257. The SMILES string of the molecule is C=C(c1ccc(OC)cc1C)c1ccccc1C(=O)O. The van der Waals surface area contributed by atoms with E-state index < -0.39 is 5.97 Å². The number of benzene rings is 2. The lowest BCUT2D eigenvalue weighted by Crippen LogP contribution is -2.02. The van der Waals surface area contributed by atoms with Crippen molar-refractivity contribution in [3.8, 4) is 5.75 Å². The molecular formula is C17H16O3. The van der Waals surface area contributed by atoms with E-state index in [1.54, 1.807) is 25.3 Å². The number of rotatable bonds is 4. The second-order valence-electron chi connectivity index (χ2n) is 4.51. The van der Waals surface area contributed by atoms with Gasteiger partial charge in [-0.15, -0.1) is 0 Å². The number of ether oxygens (including phenoxy) is 1. The summed E-state index contributed by atoms with van der Waals surface area (Å²) in [5.41, 5.74) is 3.50. The Kier molecular flexibility index (Phi) is 3.89. The first kappa shape index (κ1) is 13.9. The number of aryl methyl sites for hydroxylation is 1. The first-order valence-electron chi connectivity index (χ1n) is 6.21. The molecule has 0 unspecified atom stereocenters. The number of hydrogen-bond donors (Lipinski definition) is 1. The van der Waals surface area contributed by atoms with Gasteiger partial charge in [0.05, 0.1) is 12.7 Å². The van der Waals surface area contributed by atoms with Gasteiger partial charge in [-0.25, -0.2) is 4.79 Å². The van der Waals surface area contributed by atoms with Gasteiger partial charge in [0.25, 0.3) is 0 Å². The van der Waals surface area contributed by atoms with Crippen molar-refractivity contribution in [2.75, 3.05) is 7.11 Å². The highest BCUT2D eigenvalue weighted by atomic mass is 16.5. The van der Waals surface area contributed by atoms with Gasteiger partial charge >= 0.3 is 5.97 Å². The number of carbonyl (C=O) groups is 1. The van der Waals surface area contributed by atoms with Crippen LogP contribution in [0.25, 0.3) is 5.57 Å². The molecule has 1 N–H and O–H groups in total. The van der Waals surface area contributed by atoms with Gasteiger partial charge in [0.2, 0.25) is 0 Å². The Hall–Kier alpha value is -2.55. The molecule has 3 nitrogen and oxygen atoms in total. The monoisotopic (exact) mass is 268 g/mol. The molecule has 0 amide bonds. The molecule has 0 fully saturated rings. The topological polar surface area (TPSA) is 46.5 Å². The molecule has 0 aromatic heterocycles. The Balaban J connectivity index is 2.49. The fourth-order valence-electron chi connectivity index (χ4n) is 2.18. The van der Waals surface area contributed by atoms with Crippen LogP contribution >= 0.6 is 0 Å². The molecule has 2 aromatic rings. The van der Waals surface area contributed by atoms with Crippen LogP contribution in [0.15, 0.2) is 49.0 Å². The van der Waals surface area contributed by atoms with Crippen molar-refractivity contribution in [1.29, 1.82) is 0 Å². The molecule has 0 aliphatic heterocycles. The smallest absolute Gasteiger partial charge is 0.336 e. The molecule has 3 heteroatoms. The molecule has 2 rings (SSSR count). The normalized spacial score (nSPS) is 10.1. The summed E-state index contributed by atoms with van der Waals surface area (Å²) in [6.45, 7) is 6.00. The van der Waals surface area contributed by atoms with Gasteiger partial charge in [-0.1, -0.05) is 30.8 Å². The van der Waals surface area contributed by atoms with E-state index in [9.17, 15) is 9.90 Å². The molecule has 102 valence electrons. The lowest BCUT2D eigenvalue weighted by molar-refractivity contribution is 0.0696. The van der Waals surface area contributed by atoms with Crippen LogP contribution in [0.4, 0.5) is 0 Å². The van der Waals surface area contributed by atoms with E-state index >= 15 is 0 Å². The average molecular weight is 268 g/mol. The quantitative estimate of drug-likeness (QED) is 0.918. The first-order valence-corrected chi connectivity index (χ1v) is 6.21. The zero-order chi connectivity index (χ0) is 14.7. The van der Waals surface area contributed by atoms with Crippen molar-refractivity contribution in [3.63, 3.8) is 0 Å². The highest BCUT2D eigenvalue weighted by Crippen LogP contribution is 2.29. The summed E-state index contributed by atoms with van der Waals surface area (Å²) < 4.78 is 5.17. The zero-order valence-corrected chi connectivity index (χ0v) is 11.5. The van der Waals surface area contributed by atoms with Crippen molar-refractivity contribution in [3.05, 3.63) is 71.3 Å². The summed E-state index contributed by atoms with van der Waals surface area (Å²) in [4.78, 5) is 11.3. The van der Waals surface area contributed by atoms with Crippen LogP contribution in [0.3, 0.4) is 0 Å². The van der Waals surface area contributed by atoms with Crippen molar-refractivity contribution in [1.82, 2.24) is 0 Å². The Morgan fingerprint density at radius 2 is 1.75 bits per heavy atom. The summed E-state index contributed by atoms with van der Waals surface area (Å²) in [6.07, 6.45) is 0. The molecule has 0 saturated carbocycles. The first-order chi connectivity index (χ1) is 9.54. The fraction of sp³-hybridized carbons (Fsp3) is 0.118. The average Bonchev–Trinajstić information content (AvgIpc) is 2.46. The maximum absolute atomic E-state index is 11.3. The van der Waals surface area contributed by atoms with E-state index in [0.717, 1.165) is 16.9 Å².